The van der Waals surface area contributed by atoms with Crippen LogP contribution < -0.4 is 0 Å². The second-order valence-corrected chi connectivity index (χ2v) is 7.92. The van der Waals surface area contributed by atoms with E-state index in [9.17, 15) is 4.79 Å². The van der Waals surface area contributed by atoms with Crippen molar-refractivity contribution in [2.75, 3.05) is 13.1 Å². The monoisotopic (exact) mass is 344 g/mol. The smallest absolute Gasteiger partial charge is 0.255 e. The Bertz CT molecular complexity index is 763. The van der Waals surface area contributed by atoms with E-state index in [2.05, 4.69) is 15.5 Å². The number of piperidine rings is 1. The Morgan fingerprint density at radius 2 is 2.08 bits per heavy atom. The second kappa shape index (κ2) is 6.31. The highest BCUT2D eigenvalue weighted by Crippen LogP contribution is 2.32. The lowest BCUT2D eigenvalue weighted by molar-refractivity contribution is 0.0670. The van der Waals surface area contributed by atoms with Gasteiger partial charge >= 0.3 is 0 Å². The number of rotatable bonds is 2. The number of hydrogen-bond donors (Lipinski definition) is 0. The van der Waals surface area contributed by atoms with Gasteiger partial charge in [0, 0.05) is 23.3 Å². The molecule has 0 bridgehead atoms. The SMILES string of the molecule is Cc1nc(C)n([C@@H]2CCCN(C(=O)c3csc4c3CCCC4)C2)n1. The van der Waals surface area contributed by atoms with Gasteiger partial charge in [-0.05, 0) is 57.9 Å². The first-order chi connectivity index (χ1) is 11.6. The first-order valence-electron chi connectivity index (χ1n) is 8.91. The second-order valence-electron chi connectivity index (χ2n) is 6.96. The van der Waals surface area contributed by atoms with Crippen LogP contribution in [0.15, 0.2) is 5.38 Å². The van der Waals surface area contributed by atoms with Crippen molar-refractivity contribution >= 4 is 17.2 Å². The summed E-state index contributed by atoms with van der Waals surface area (Å²) >= 11 is 1.77. The lowest BCUT2D eigenvalue weighted by Crippen LogP contribution is -2.41. The van der Waals surface area contributed by atoms with Crippen LogP contribution in [0.4, 0.5) is 0 Å². The molecule has 1 amide bonds. The molecule has 128 valence electrons. The Morgan fingerprint density at radius 3 is 2.88 bits per heavy atom. The van der Waals surface area contributed by atoms with E-state index < -0.39 is 0 Å². The van der Waals surface area contributed by atoms with Crippen LogP contribution in [-0.2, 0) is 12.8 Å². The van der Waals surface area contributed by atoms with Gasteiger partial charge in [0.2, 0.25) is 0 Å². The molecule has 1 fully saturated rings. The van der Waals surface area contributed by atoms with Crippen molar-refractivity contribution in [3.8, 4) is 0 Å². The average Bonchev–Trinajstić information content (AvgIpc) is 3.17. The maximum absolute atomic E-state index is 13.1. The maximum atomic E-state index is 13.1. The van der Waals surface area contributed by atoms with Gasteiger partial charge in [-0.15, -0.1) is 11.3 Å². The lowest BCUT2D eigenvalue weighted by atomic mass is 9.95. The summed E-state index contributed by atoms with van der Waals surface area (Å²) in [5.74, 6) is 1.97. The molecule has 5 nitrogen and oxygen atoms in total. The van der Waals surface area contributed by atoms with E-state index in [1.807, 2.05) is 23.4 Å². The molecule has 1 aliphatic carbocycles. The van der Waals surface area contributed by atoms with Crippen LogP contribution >= 0.6 is 11.3 Å². The molecule has 6 heteroatoms. The molecule has 2 aliphatic rings. The summed E-state index contributed by atoms with van der Waals surface area (Å²) in [5.41, 5.74) is 2.29. The zero-order valence-corrected chi connectivity index (χ0v) is 15.2. The summed E-state index contributed by atoms with van der Waals surface area (Å²) in [4.78, 5) is 21.0. The number of aromatic nitrogens is 3. The summed E-state index contributed by atoms with van der Waals surface area (Å²) in [7, 11) is 0. The fraction of sp³-hybridized carbons (Fsp3) is 0.611. The molecule has 0 spiro atoms. The third-order valence-corrected chi connectivity index (χ3v) is 6.32. The molecule has 0 aromatic carbocycles. The van der Waals surface area contributed by atoms with Crippen LogP contribution in [0.25, 0.3) is 0 Å². The van der Waals surface area contributed by atoms with E-state index >= 15 is 0 Å². The van der Waals surface area contributed by atoms with Gasteiger partial charge < -0.3 is 4.90 Å². The third-order valence-electron chi connectivity index (χ3n) is 5.23. The normalized spacial score (nSPS) is 20.9. The number of hydrogen-bond acceptors (Lipinski definition) is 4. The third kappa shape index (κ3) is 2.77. The fourth-order valence-electron chi connectivity index (χ4n) is 4.06. The van der Waals surface area contributed by atoms with Crippen molar-refractivity contribution in [2.45, 2.75) is 58.4 Å². The van der Waals surface area contributed by atoms with Crippen molar-refractivity contribution in [2.24, 2.45) is 0 Å². The molecule has 0 saturated carbocycles. The molecular weight excluding hydrogens is 320 g/mol. The minimum atomic E-state index is 0.216. The predicted molar refractivity (Wildman–Crippen MR) is 94.6 cm³/mol. The zero-order valence-electron chi connectivity index (χ0n) is 14.4. The zero-order chi connectivity index (χ0) is 16.7. The predicted octanol–water partition coefficient (Wildman–Crippen LogP) is 3.31. The van der Waals surface area contributed by atoms with Crippen molar-refractivity contribution in [1.29, 1.82) is 0 Å². The van der Waals surface area contributed by atoms with E-state index in [0.717, 1.165) is 56.0 Å². The molecule has 0 unspecified atom stereocenters. The minimum Gasteiger partial charge on any atom is -0.336 e. The summed E-state index contributed by atoms with van der Waals surface area (Å²) < 4.78 is 2.01. The van der Waals surface area contributed by atoms with Crippen LogP contribution in [0.3, 0.4) is 0 Å². The van der Waals surface area contributed by atoms with Gasteiger partial charge in [-0.1, -0.05) is 0 Å². The first-order valence-corrected chi connectivity index (χ1v) is 9.79. The van der Waals surface area contributed by atoms with E-state index in [-0.39, 0.29) is 11.9 Å². The summed E-state index contributed by atoms with van der Waals surface area (Å²) in [6, 6.07) is 0.248. The highest BCUT2D eigenvalue weighted by atomic mass is 32.1. The Morgan fingerprint density at radius 1 is 1.25 bits per heavy atom. The Hall–Kier alpha value is -1.69. The number of aryl methyl sites for hydroxylation is 3. The van der Waals surface area contributed by atoms with E-state index in [1.54, 1.807) is 11.3 Å². The van der Waals surface area contributed by atoms with Crippen molar-refractivity contribution in [3.05, 3.63) is 33.0 Å². The van der Waals surface area contributed by atoms with Gasteiger partial charge in [-0.2, -0.15) is 5.10 Å². The molecule has 2 aromatic heterocycles. The number of nitrogens with zero attached hydrogens (tertiary/aromatic N) is 4. The maximum Gasteiger partial charge on any atom is 0.255 e. The fourth-order valence-corrected chi connectivity index (χ4v) is 5.18. The van der Waals surface area contributed by atoms with Crippen molar-refractivity contribution in [3.63, 3.8) is 0 Å². The van der Waals surface area contributed by atoms with Gasteiger partial charge in [0.25, 0.3) is 5.91 Å². The average molecular weight is 344 g/mol. The number of carbonyl (C=O) groups is 1. The Kier molecular flexibility index (Phi) is 4.16. The van der Waals surface area contributed by atoms with Crippen molar-refractivity contribution < 1.29 is 4.79 Å². The summed E-state index contributed by atoms with van der Waals surface area (Å²) in [6.45, 7) is 5.52. The summed E-state index contributed by atoms with van der Waals surface area (Å²) in [5, 5.41) is 6.62. The van der Waals surface area contributed by atoms with E-state index in [0.29, 0.717) is 0 Å². The standard InChI is InChI=1S/C18H24N4OS/c1-12-19-13(2)22(20-12)14-6-5-9-21(10-14)18(23)16-11-24-17-8-4-3-7-15(16)17/h11,14H,3-10H2,1-2H3/t14-/m1/s1. The van der Waals surface area contributed by atoms with Gasteiger partial charge in [-0.25, -0.2) is 9.67 Å². The van der Waals surface area contributed by atoms with Gasteiger partial charge in [-0.3, -0.25) is 4.79 Å². The van der Waals surface area contributed by atoms with E-state index in [1.165, 1.54) is 23.3 Å². The number of amides is 1. The Balaban J connectivity index is 1.55. The van der Waals surface area contributed by atoms with Gasteiger partial charge in [0.15, 0.2) is 0 Å². The van der Waals surface area contributed by atoms with Crippen LogP contribution in [-0.4, -0.2) is 38.7 Å². The molecule has 1 atom stereocenters. The van der Waals surface area contributed by atoms with Crippen LogP contribution in [0, 0.1) is 13.8 Å². The highest BCUT2D eigenvalue weighted by Gasteiger charge is 2.29. The molecule has 1 aliphatic heterocycles. The van der Waals surface area contributed by atoms with Gasteiger partial charge in [0.05, 0.1) is 11.6 Å². The Labute approximate surface area is 146 Å². The minimum absolute atomic E-state index is 0.216. The number of carbonyl (C=O) groups excluding carboxylic acids is 1. The molecule has 0 radical (unpaired) electrons. The summed E-state index contributed by atoms with van der Waals surface area (Å²) in [6.07, 6.45) is 6.78. The van der Waals surface area contributed by atoms with Crippen molar-refractivity contribution in [1.82, 2.24) is 19.7 Å². The van der Waals surface area contributed by atoms with Gasteiger partial charge in [0.1, 0.15) is 11.6 Å². The number of likely N-dealkylation sites (tertiary alicyclic amines) is 1. The largest absolute Gasteiger partial charge is 0.336 e. The highest BCUT2D eigenvalue weighted by molar-refractivity contribution is 7.10. The first kappa shape index (κ1) is 15.8. The number of fused-ring (bicyclic) bond motifs is 1. The molecule has 3 heterocycles. The molecule has 24 heavy (non-hydrogen) atoms. The van der Waals surface area contributed by atoms with E-state index in [4.69, 9.17) is 0 Å². The molecular formula is C18H24N4OS. The topological polar surface area (TPSA) is 51.0 Å². The molecule has 0 N–H and O–H groups in total. The van der Waals surface area contributed by atoms with Crippen LogP contribution in [0.5, 0.6) is 0 Å². The van der Waals surface area contributed by atoms with Crippen LogP contribution in [0.2, 0.25) is 0 Å². The number of thiophene rings is 1. The molecule has 4 rings (SSSR count). The quantitative estimate of drug-likeness (QED) is 0.840. The molecule has 2 aromatic rings. The molecule has 1 saturated heterocycles. The van der Waals surface area contributed by atoms with Crippen LogP contribution in [0.1, 0.15) is 64.2 Å². The lowest BCUT2D eigenvalue weighted by Gasteiger charge is -2.33.